The lowest BCUT2D eigenvalue weighted by molar-refractivity contribution is 0.0712. The summed E-state index contributed by atoms with van der Waals surface area (Å²) in [6.45, 7) is 10.0. The lowest BCUT2D eigenvalue weighted by Crippen LogP contribution is -2.46. The van der Waals surface area contributed by atoms with E-state index in [2.05, 4.69) is 11.5 Å². The van der Waals surface area contributed by atoms with Crippen molar-refractivity contribution in [3.63, 3.8) is 0 Å². The maximum atomic E-state index is 5.78. The quantitative estimate of drug-likeness (QED) is 0.425. The van der Waals surface area contributed by atoms with Gasteiger partial charge in [0.05, 0.1) is 0 Å². The second-order valence-corrected chi connectivity index (χ2v) is 7.17. The van der Waals surface area contributed by atoms with Gasteiger partial charge < -0.3 is 13.3 Å². The predicted molar refractivity (Wildman–Crippen MR) is 77.3 cm³/mol. The molecule has 0 aromatic heterocycles. The highest BCUT2D eigenvalue weighted by Crippen LogP contribution is 2.20. The minimum Gasteiger partial charge on any atom is -0.374 e. The van der Waals surface area contributed by atoms with Crippen molar-refractivity contribution in [3.05, 3.63) is 11.5 Å². The third-order valence-corrected chi connectivity index (χ3v) is 6.21. The Balaban J connectivity index is 4.13. The highest BCUT2D eigenvalue weighted by atomic mass is 32.2. The minimum atomic E-state index is -2.39. The normalized spacial score (nSPS) is 12.5. The maximum Gasteiger partial charge on any atom is 0.500 e. The number of hydrogen-bond donors (Lipinski definition) is 0. The van der Waals surface area contributed by atoms with Gasteiger partial charge in [0.15, 0.2) is 0 Å². The Morgan fingerprint density at radius 3 is 1.94 bits per heavy atom. The van der Waals surface area contributed by atoms with Crippen LogP contribution in [0.25, 0.3) is 0 Å². The number of hydrogen-bond acceptors (Lipinski definition) is 4. The van der Waals surface area contributed by atoms with Gasteiger partial charge in [0, 0.05) is 25.9 Å². The summed E-state index contributed by atoms with van der Waals surface area (Å²) in [5.74, 6) is 1.09. The molecule has 0 unspecified atom stereocenters. The Hall–Kier alpha value is 0.187. The van der Waals surface area contributed by atoms with Crippen LogP contribution in [0.3, 0.4) is 0 Å². The second-order valence-electron chi connectivity index (χ2n) is 3.43. The van der Waals surface area contributed by atoms with Crippen LogP contribution < -0.4 is 0 Å². The largest absolute Gasteiger partial charge is 0.500 e. The summed E-state index contributed by atoms with van der Waals surface area (Å²) in [6, 6.07) is 0.910. The molecule has 0 amide bonds. The number of rotatable bonds is 11. The van der Waals surface area contributed by atoms with Gasteiger partial charge in [-0.3, -0.25) is 0 Å². The first-order valence-corrected chi connectivity index (χ1v) is 9.37. The average molecular weight is 278 g/mol. The van der Waals surface area contributed by atoms with E-state index in [9.17, 15) is 0 Å². The van der Waals surface area contributed by atoms with E-state index in [0.29, 0.717) is 19.8 Å². The highest BCUT2D eigenvalue weighted by molar-refractivity contribution is 8.02. The van der Waals surface area contributed by atoms with E-state index in [1.807, 2.05) is 39.5 Å². The fourth-order valence-corrected chi connectivity index (χ4v) is 5.05. The predicted octanol–water partition coefficient (Wildman–Crippen LogP) is 3.69. The second kappa shape index (κ2) is 11.3. The Morgan fingerprint density at radius 1 is 1.00 bits per heavy atom. The molecule has 0 spiro atoms. The molecule has 17 heavy (non-hydrogen) atoms. The van der Waals surface area contributed by atoms with Gasteiger partial charge in [0.25, 0.3) is 0 Å². The van der Waals surface area contributed by atoms with E-state index in [1.54, 1.807) is 0 Å². The van der Waals surface area contributed by atoms with Gasteiger partial charge >= 0.3 is 8.80 Å². The van der Waals surface area contributed by atoms with Gasteiger partial charge in [0.1, 0.15) is 0 Å². The maximum absolute atomic E-state index is 5.78. The Kier molecular flexibility index (Phi) is 11.4. The van der Waals surface area contributed by atoms with E-state index < -0.39 is 8.80 Å². The zero-order valence-electron chi connectivity index (χ0n) is 11.5. The SMILES string of the molecule is CC=CSCCC[Si](OCC)(OCC)OCC. The van der Waals surface area contributed by atoms with Crippen molar-refractivity contribution >= 4 is 20.6 Å². The molecule has 0 N–H and O–H groups in total. The molecule has 5 heteroatoms. The third-order valence-electron chi connectivity index (χ3n) is 2.07. The Bertz CT molecular complexity index is 183. The topological polar surface area (TPSA) is 27.7 Å². The summed E-state index contributed by atoms with van der Waals surface area (Å²) in [5, 5.41) is 2.12. The van der Waals surface area contributed by atoms with Gasteiger partial charge in [0.2, 0.25) is 0 Å². The summed E-state index contributed by atoms with van der Waals surface area (Å²) >= 11 is 1.82. The van der Waals surface area contributed by atoms with E-state index in [4.69, 9.17) is 13.3 Å². The molecule has 102 valence electrons. The molecule has 0 heterocycles. The van der Waals surface area contributed by atoms with Crippen molar-refractivity contribution in [1.82, 2.24) is 0 Å². The fourth-order valence-electron chi connectivity index (χ4n) is 1.54. The van der Waals surface area contributed by atoms with Crippen molar-refractivity contribution < 1.29 is 13.3 Å². The summed E-state index contributed by atoms with van der Waals surface area (Å²) < 4.78 is 17.4. The lowest BCUT2D eigenvalue weighted by atomic mass is 10.6. The molecule has 3 nitrogen and oxygen atoms in total. The van der Waals surface area contributed by atoms with Gasteiger partial charge in [-0.15, -0.1) is 11.8 Å². The van der Waals surface area contributed by atoms with Crippen molar-refractivity contribution in [2.75, 3.05) is 25.6 Å². The summed E-state index contributed by atoms with van der Waals surface area (Å²) in [4.78, 5) is 0. The molecule has 0 rings (SSSR count). The van der Waals surface area contributed by atoms with Crippen LogP contribution in [0.4, 0.5) is 0 Å². The van der Waals surface area contributed by atoms with E-state index in [0.717, 1.165) is 18.2 Å². The number of allylic oxidation sites excluding steroid dienone is 1. The number of thioether (sulfide) groups is 1. The molecule has 0 radical (unpaired) electrons. The molecular weight excluding hydrogens is 252 g/mol. The van der Waals surface area contributed by atoms with Crippen LogP contribution in [0, 0.1) is 0 Å². The molecule has 0 aromatic rings. The first-order chi connectivity index (χ1) is 8.24. The van der Waals surface area contributed by atoms with Crippen LogP contribution in [-0.4, -0.2) is 34.4 Å². The lowest BCUT2D eigenvalue weighted by Gasteiger charge is -2.28. The third kappa shape index (κ3) is 7.99. The first-order valence-electron chi connectivity index (χ1n) is 6.39. The zero-order valence-corrected chi connectivity index (χ0v) is 13.3. The molecule has 0 fully saturated rings. The average Bonchev–Trinajstić information content (AvgIpc) is 2.30. The molecule has 0 saturated carbocycles. The van der Waals surface area contributed by atoms with Gasteiger partial charge in [-0.2, -0.15) is 0 Å². The van der Waals surface area contributed by atoms with Crippen LogP contribution in [0.5, 0.6) is 0 Å². The van der Waals surface area contributed by atoms with E-state index in [-0.39, 0.29) is 0 Å². The summed E-state index contributed by atoms with van der Waals surface area (Å²) in [6.07, 6.45) is 3.13. The van der Waals surface area contributed by atoms with Crippen molar-refractivity contribution in [2.45, 2.75) is 40.2 Å². The monoisotopic (exact) mass is 278 g/mol. The van der Waals surface area contributed by atoms with Gasteiger partial charge in [-0.05, 0) is 45.3 Å². The summed E-state index contributed by atoms with van der Waals surface area (Å²) in [5.41, 5.74) is 0. The van der Waals surface area contributed by atoms with E-state index in [1.165, 1.54) is 0 Å². The molecule has 0 bridgehead atoms. The van der Waals surface area contributed by atoms with Crippen molar-refractivity contribution in [3.8, 4) is 0 Å². The molecule has 0 atom stereocenters. The van der Waals surface area contributed by atoms with Crippen LogP contribution >= 0.6 is 11.8 Å². The van der Waals surface area contributed by atoms with Crippen molar-refractivity contribution in [2.24, 2.45) is 0 Å². The molecule has 0 aliphatic heterocycles. The molecule has 0 saturated heterocycles. The Morgan fingerprint density at radius 2 is 1.53 bits per heavy atom. The smallest absolute Gasteiger partial charge is 0.374 e. The van der Waals surface area contributed by atoms with Gasteiger partial charge in [-0.1, -0.05) is 6.08 Å². The molecule has 0 aromatic carbocycles. The minimum absolute atomic E-state index is 0.661. The molecule has 0 aliphatic carbocycles. The Labute approximate surface area is 111 Å². The standard InChI is InChI=1S/C12H26O3SSi/c1-5-10-16-11-9-12-17(13-6-2,14-7-3)15-8-4/h5,10H,6-9,11-12H2,1-4H3. The van der Waals surface area contributed by atoms with E-state index >= 15 is 0 Å². The van der Waals surface area contributed by atoms with Crippen LogP contribution in [0.2, 0.25) is 6.04 Å². The zero-order chi connectivity index (χ0) is 13.0. The molecule has 0 aliphatic rings. The highest BCUT2D eigenvalue weighted by Gasteiger charge is 2.39. The van der Waals surface area contributed by atoms with Crippen molar-refractivity contribution in [1.29, 1.82) is 0 Å². The first kappa shape index (κ1) is 17.2. The summed E-state index contributed by atoms with van der Waals surface area (Å²) in [7, 11) is -2.39. The molecular formula is C12H26O3SSi. The fraction of sp³-hybridized carbons (Fsp3) is 0.833. The van der Waals surface area contributed by atoms with Crippen LogP contribution in [0.1, 0.15) is 34.1 Å². The van der Waals surface area contributed by atoms with Crippen LogP contribution in [-0.2, 0) is 13.3 Å². The van der Waals surface area contributed by atoms with Gasteiger partial charge in [-0.25, -0.2) is 0 Å². The van der Waals surface area contributed by atoms with Crippen LogP contribution in [0.15, 0.2) is 11.5 Å².